The smallest absolute Gasteiger partial charge is 0.573 e. The summed E-state index contributed by atoms with van der Waals surface area (Å²) in [5.41, 5.74) is -4.95. The number of benzene rings is 6. The predicted molar refractivity (Wildman–Crippen MR) is 163 cm³/mol. The Bertz CT molecular complexity index is 1960. The highest BCUT2D eigenvalue weighted by Gasteiger charge is 2.51. The van der Waals surface area contributed by atoms with Crippen LogP contribution in [0, 0.1) is 69.8 Å². The SMILES string of the molecule is Fc1c(F)c(-c2ccccc2)c(F)c(F)c1[O][Al]([O]c1c(F)c(F)c(-c2ccccc2)c(F)c1F)[O]c1c(F)c(F)c(-c2ccccc2)c(F)c1F. The summed E-state index contributed by atoms with van der Waals surface area (Å²) in [7, 11) is 0. The first kappa shape index (κ1) is 36.2. The molecule has 0 saturated carbocycles. The molecule has 0 N–H and O–H groups in total. The van der Waals surface area contributed by atoms with E-state index < -0.39 is 119 Å². The van der Waals surface area contributed by atoms with Crippen LogP contribution < -0.4 is 11.4 Å². The second-order valence-electron chi connectivity index (χ2n) is 10.6. The summed E-state index contributed by atoms with van der Waals surface area (Å²) < 4.78 is 198. The topological polar surface area (TPSA) is 27.7 Å². The van der Waals surface area contributed by atoms with Gasteiger partial charge in [-0.2, -0.15) is 26.3 Å². The summed E-state index contributed by atoms with van der Waals surface area (Å²) >= 11 is -5.41. The van der Waals surface area contributed by atoms with Crippen molar-refractivity contribution in [1.82, 2.24) is 0 Å². The zero-order chi connectivity index (χ0) is 37.4. The first-order chi connectivity index (χ1) is 24.8. The second-order valence-corrected chi connectivity index (χ2v) is 11.9. The molecule has 0 aliphatic rings. The molecule has 0 aliphatic carbocycles. The molecule has 6 rings (SSSR count). The fraction of sp³-hybridized carbons (Fsp3) is 0. The summed E-state index contributed by atoms with van der Waals surface area (Å²) in [6.45, 7) is 0. The van der Waals surface area contributed by atoms with Gasteiger partial charge in [0.1, 0.15) is 0 Å². The van der Waals surface area contributed by atoms with Crippen molar-refractivity contribution in [1.29, 1.82) is 0 Å². The third-order valence-corrected chi connectivity index (χ3v) is 8.78. The van der Waals surface area contributed by atoms with Gasteiger partial charge in [0, 0.05) is 0 Å². The molecule has 0 aromatic heterocycles. The Morgan fingerprint density at radius 3 is 0.654 bits per heavy atom. The van der Waals surface area contributed by atoms with E-state index in [2.05, 4.69) is 0 Å². The Morgan fingerprint density at radius 1 is 0.269 bits per heavy atom. The third-order valence-electron chi connectivity index (χ3n) is 7.50. The van der Waals surface area contributed by atoms with Crippen molar-refractivity contribution in [2.24, 2.45) is 0 Å². The van der Waals surface area contributed by atoms with E-state index >= 15 is 52.7 Å². The Balaban J connectivity index is 1.50. The Hall–Kier alpha value is -5.59. The highest BCUT2D eigenvalue weighted by atomic mass is 27.3. The lowest BCUT2D eigenvalue weighted by atomic mass is 10.0. The van der Waals surface area contributed by atoms with E-state index in [1.807, 2.05) is 0 Å². The average molecular weight is 750 g/mol. The minimum atomic E-state index is -5.41. The van der Waals surface area contributed by atoms with Gasteiger partial charge in [0.05, 0.1) is 16.7 Å². The lowest BCUT2D eigenvalue weighted by molar-refractivity contribution is 0.256. The standard InChI is InChI=1S/3C12H6F4O.Al/c3*13-8-7(6-4-2-1-3-5-6)9(14)11(16)12(17)10(8)15;/h3*1-5,17H;/q;;;+3/p-3. The van der Waals surface area contributed by atoms with Crippen LogP contribution in [0.4, 0.5) is 52.7 Å². The molecule has 0 aliphatic heterocycles. The third kappa shape index (κ3) is 6.39. The average Bonchev–Trinajstić information content (AvgIpc) is 3.15. The van der Waals surface area contributed by atoms with E-state index in [-0.39, 0.29) is 16.7 Å². The molecule has 0 fully saturated rings. The molecule has 0 bridgehead atoms. The van der Waals surface area contributed by atoms with Gasteiger partial charge in [0.2, 0.25) is 34.9 Å². The molecule has 3 nitrogen and oxygen atoms in total. The Kier molecular flexibility index (Phi) is 10.1. The van der Waals surface area contributed by atoms with Gasteiger partial charge in [-0.25, -0.2) is 26.3 Å². The van der Waals surface area contributed by atoms with Crippen molar-refractivity contribution in [2.75, 3.05) is 0 Å². The number of hydrogen-bond acceptors (Lipinski definition) is 3. The molecule has 0 radical (unpaired) electrons. The van der Waals surface area contributed by atoms with Gasteiger partial charge in [-0.3, -0.25) is 0 Å². The molecule has 16 heteroatoms. The van der Waals surface area contributed by atoms with Crippen molar-refractivity contribution in [3.8, 4) is 50.6 Å². The van der Waals surface area contributed by atoms with E-state index in [9.17, 15) is 0 Å². The van der Waals surface area contributed by atoms with Crippen molar-refractivity contribution in [3.05, 3.63) is 161 Å². The largest absolute Gasteiger partial charge is 1.20 e. The van der Waals surface area contributed by atoms with E-state index in [0.717, 1.165) is 36.4 Å². The van der Waals surface area contributed by atoms with Crippen LogP contribution in [-0.2, 0) is 0 Å². The van der Waals surface area contributed by atoms with Crippen LogP contribution in [0.2, 0.25) is 0 Å². The van der Waals surface area contributed by atoms with Crippen molar-refractivity contribution >= 4 is 15.1 Å². The number of hydrogen-bond donors (Lipinski definition) is 0. The minimum Gasteiger partial charge on any atom is -0.573 e. The summed E-state index contributed by atoms with van der Waals surface area (Å²) in [5, 5.41) is 0. The highest BCUT2D eigenvalue weighted by molar-refractivity contribution is 6.39. The lowest BCUT2D eigenvalue weighted by Gasteiger charge is -2.21. The molecule has 0 saturated heterocycles. The van der Waals surface area contributed by atoms with Gasteiger partial charge >= 0.3 is 15.1 Å². The zero-order valence-corrected chi connectivity index (χ0v) is 26.7. The molecule has 264 valence electrons. The molecule has 0 amide bonds. The van der Waals surface area contributed by atoms with Crippen LogP contribution in [0.3, 0.4) is 0 Å². The van der Waals surface area contributed by atoms with Gasteiger partial charge < -0.3 is 11.4 Å². The molecule has 6 aromatic rings. The molecular weight excluding hydrogens is 735 g/mol. The summed E-state index contributed by atoms with van der Waals surface area (Å²) in [6.07, 6.45) is 0. The monoisotopic (exact) mass is 750 g/mol. The van der Waals surface area contributed by atoms with Gasteiger partial charge in [0.25, 0.3) is 0 Å². The summed E-state index contributed by atoms with van der Waals surface area (Å²) in [5.74, 6) is -33.1. The molecule has 0 atom stereocenters. The van der Waals surface area contributed by atoms with E-state index in [1.165, 1.54) is 54.6 Å². The maximum absolute atomic E-state index is 15.3. The summed E-state index contributed by atoms with van der Waals surface area (Å²) in [4.78, 5) is 0. The lowest BCUT2D eigenvalue weighted by Crippen LogP contribution is -2.39. The van der Waals surface area contributed by atoms with Crippen LogP contribution in [0.25, 0.3) is 33.4 Å². The zero-order valence-electron chi connectivity index (χ0n) is 25.5. The fourth-order valence-corrected chi connectivity index (χ4v) is 6.42. The van der Waals surface area contributed by atoms with Gasteiger partial charge in [-0.1, -0.05) is 91.0 Å². The van der Waals surface area contributed by atoms with Crippen LogP contribution in [0.1, 0.15) is 0 Å². The molecule has 6 aromatic carbocycles. The Labute approximate surface area is 290 Å². The minimum absolute atomic E-state index is 0.384. The van der Waals surface area contributed by atoms with Crippen molar-refractivity contribution in [3.63, 3.8) is 0 Å². The first-order valence-electron chi connectivity index (χ1n) is 14.6. The number of halogens is 12. The van der Waals surface area contributed by atoms with Crippen molar-refractivity contribution < 1.29 is 64.1 Å². The van der Waals surface area contributed by atoms with Gasteiger partial charge in [-0.05, 0) is 16.7 Å². The predicted octanol–water partition coefficient (Wildman–Crippen LogP) is 10.9. The maximum Gasteiger partial charge on any atom is 1.20 e. The Morgan fingerprint density at radius 2 is 0.462 bits per heavy atom. The van der Waals surface area contributed by atoms with E-state index in [0.29, 0.717) is 0 Å². The molecular formula is C36H15AlF12O3. The fourth-order valence-electron chi connectivity index (χ4n) is 5.08. The molecule has 0 heterocycles. The highest BCUT2D eigenvalue weighted by Crippen LogP contribution is 2.40. The van der Waals surface area contributed by atoms with E-state index in [4.69, 9.17) is 11.4 Å². The molecule has 0 unspecified atom stereocenters. The van der Waals surface area contributed by atoms with Crippen LogP contribution >= 0.6 is 0 Å². The second kappa shape index (κ2) is 14.6. The maximum atomic E-state index is 15.3. The van der Waals surface area contributed by atoms with Crippen LogP contribution in [0.5, 0.6) is 17.2 Å². The quantitative estimate of drug-likeness (QED) is 0.0837. The van der Waals surface area contributed by atoms with Crippen molar-refractivity contribution in [2.45, 2.75) is 0 Å². The molecule has 0 spiro atoms. The van der Waals surface area contributed by atoms with Gasteiger partial charge in [-0.15, -0.1) is 0 Å². The van der Waals surface area contributed by atoms with Crippen LogP contribution in [0.15, 0.2) is 91.0 Å². The van der Waals surface area contributed by atoms with E-state index in [1.54, 1.807) is 0 Å². The number of rotatable bonds is 9. The summed E-state index contributed by atoms with van der Waals surface area (Å²) in [6, 6.07) is 18.1. The normalized spacial score (nSPS) is 11.1. The first-order valence-corrected chi connectivity index (χ1v) is 16.0. The van der Waals surface area contributed by atoms with Crippen LogP contribution in [-0.4, -0.2) is 15.1 Å². The van der Waals surface area contributed by atoms with Gasteiger partial charge in [0.15, 0.2) is 52.2 Å². The molecule has 52 heavy (non-hydrogen) atoms.